The average Bonchev–Trinajstić information content (AvgIpc) is 2.75. The molecule has 0 spiro atoms. The van der Waals surface area contributed by atoms with Crippen LogP contribution in [0.15, 0.2) is 22.6 Å². The first-order chi connectivity index (χ1) is 10.2. The zero-order chi connectivity index (χ0) is 16.5. The largest absolute Gasteiger partial charge is 0.481 e. The van der Waals surface area contributed by atoms with Gasteiger partial charge < -0.3 is 14.8 Å². The Morgan fingerprint density at radius 3 is 2.68 bits per heavy atom. The van der Waals surface area contributed by atoms with Crippen molar-refractivity contribution in [2.45, 2.75) is 27.2 Å². The second-order valence-electron chi connectivity index (χ2n) is 5.89. The molecule has 0 aliphatic carbocycles. The molecule has 1 amide bonds. The summed E-state index contributed by atoms with van der Waals surface area (Å²) in [5.74, 6) is -1.63. The van der Waals surface area contributed by atoms with Crippen molar-refractivity contribution in [1.29, 1.82) is 0 Å². The molecule has 118 valence electrons. The Bertz CT molecular complexity index is 733. The monoisotopic (exact) mass is 307 g/mol. The molecule has 0 unspecified atom stereocenters. The predicted octanol–water partition coefficient (Wildman–Crippen LogP) is 3.11. The Morgan fingerprint density at radius 2 is 2.05 bits per heavy atom. The van der Waals surface area contributed by atoms with E-state index in [1.165, 1.54) is 18.2 Å². The number of nitrogens with one attached hydrogen (secondary N) is 1. The summed E-state index contributed by atoms with van der Waals surface area (Å²) >= 11 is 0. The van der Waals surface area contributed by atoms with E-state index in [9.17, 15) is 14.0 Å². The van der Waals surface area contributed by atoms with Gasteiger partial charge in [-0.05, 0) is 45.4 Å². The zero-order valence-corrected chi connectivity index (χ0v) is 12.7. The number of carbonyl (C=O) groups excluding carboxylic acids is 1. The molecule has 6 heteroatoms. The van der Waals surface area contributed by atoms with Gasteiger partial charge in [0, 0.05) is 17.5 Å². The van der Waals surface area contributed by atoms with E-state index < -0.39 is 23.1 Å². The van der Waals surface area contributed by atoms with Crippen molar-refractivity contribution in [3.05, 3.63) is 35.3 Å². The molecule has 0 fully saturated rings. The van der Waals surface area contributed by atoms with Gasteiger partial charge in [0.05, 0.1) is 5.41 Å². The molecule has 0 aliphatic rings. The molecule has 0 saturated heterocycles. The van der Waals surface area contributed by atoms with Crippen molar-refractivity contribution in [2.24, 2.45) is 5.41 Å². The van der Waals surface area contributed by atoms with Gasteiger partial charge in [-0.3, -0.25) is 9.59 Å². The Labute approximate surface area is 127 Å². The number of carboxylic acids is 1. The number of furan rings is 1. The number of halogens is 1. The van der Waals surface area contributed by atoms with Gasteiger partial charge in [-0.1, -0.05) is 0 Å². The summed E-state index contributed by atoms with van der Waals surface area (Å²) in [5, 5.41) is 12.2. The van der Waals surface area contributed by atoms with Gasteiger partial charge in [-0.15, -0.1) is 0 Å². The summed E-state index contributed by atoms with van der Waals surface area (Å²) in [6.45, 7) is 5.08. The smallest absolute Gasteiger partial charge is 0.309 e. The molecule has 0 radical (unpaired) electrons. The van der Waals surface area contributed by atoms with Crippen LogP contribution < -0.4 is 5.32 Å². The first kappa shape index (κ1) is 16.0. The number of carbonyl (C=O) groups is 2. The molecule has 0 aliphatic heterocycles. The Kier molecular flexibility index (Phi) is 4.21. The minimum atomic E-state index is -0.919. The predicted molar refractivity (Wildman–Crippen MR) is 79.3 cm³/mol. The second-order valence-corrected chi connectivity index (χ2v) is 5.89. The molecular formula is C16H18FNO4. The van der Waals surface area contributed by atoms with E-state index in [-0.39, 0.29) is 12.3 Å². The minimum absolute atomic E-state index is 0.119. The lowest BCUT2D eigenvalue weighted by atomic mass is 9.90. The van der Waals surface area contributed by atoms with Gasteiger partial charge >= 0.3 is 5.97 Å². The third-order valence-electron chi connectivity index (χ3n) is 3.72. The second kappa shape index (κ2) is 5.79. The average molecular weight is 307 g/mol. The van der Waals surface area contributed by atoms with E-state index in [0.717, 1.165) is 0 Å². The normalized spacial score (nSPS) is 11.6. The molecule has 2 aromatic rings. The standard InChI is InChI=1S/C16H18FNO4/c1-9-11-8-10(17)4-5-12(11)22-13(9)14(19)18-7-6-16(2,3)15(20)21/h4-5,8H,6-7H2,1-3H3,(H,18,19)(H,20,21). The first-order valence-electron chi connectivity index (χ1n) is 6.92. The molecule has 0 bridgehead atoms. The SMILES string of the molecule is Cc1c(C(=O)NCCC(C)(C)C(=O)O)oc2ccc(F)cc12. The molecule has 2 N–H and O–H groups in total. The highest BCUT2D eigenvalue weighted by molar-refractivity contribution is 5.98. The van der Waals surface area contributed by atoms with Crippen LogP contribution in [0.1, 0.15) is 36.4 Å². The fourth-order valence-electron chi connectivity index (χ4n) is 2.09. The van der Waals surface area contributed by atoms with E-state index in [2.05, 4.69) is 5.32 Å². The molecule has 1 aromatic carbocycles. The number of fused-ring (bicyclic) bond motifs is 1. The molecule has 2 rings (SSSR count). The Hall–Kier alpha value is -2.37. The van der Waals surface area contributed by atoms with E-state index in [4.69, 9.17) is 9.52 Å². The number of hydrogen-bond acceptors (Lipinski definition) is 3. The molecule has 0 saturated carbocycles. The van der Waals surface area contributed by atoms with Crippen molar-refractivity contribution in [2.75, 3.05) is 6.54 Å². The van der Waals surface area contributed by atoms with E-state index in [1.807, 2.05) is 0 Å². The fraction of sp³-hybridized carbons (Fsp3) is 0.375. The third kappa shape index (κ3) is 3.10. The number of aryl methyl sites for hydroxylation is 1. The van der Waals surface area contributed by atoms with Crippen LogP contribution in [0, 0.1) is 18.2 Å². The fourth-order valence-corrected chi connectivity index (χ4v) is 2.09. The summed E-state index contributed by atoms with van der Waals surface area (Å²) in [7, 11) is 0. The molecule has 1 aromatic heterocycles. The quantitative estimate of drug-likeness (QED) is 0.889. The summed E-state index contributed by atoms with van der Waals surface area (Å²) in [6, 6.07) is 4.06. The highest BCUT2D eigenvalue weighted by atomic mass is 19.1. The van der Waals surface area contributed by atoms with Gasteiger partial charge in [0.25, 0.3) is 5.91 Å². The molecule has 1 heterocycles. The van der Waals surface area contributed by atoms with Crippen LogP contribution >= 0.6 is 0 Å². The minimum Gasteiger partial charge on any atom is -0.481 e. The van der Waals surface area contributed by atoms with Crippen molar-refractivity contribution in [3.63, 3.8) is 0 Å². The van der Waals surface area contributed by atoms with Crippen LogP contribution in [-0.4, -0.2) is 23.5 Å². The maximum absolute atomic E-state index is 13.2. The highest BCUT2D eigenvalue weighted by Crippen LogP contribution is 2.26. The third-order valence-corrected chi connectivity index (χ3v) is 3.72. The molecular weight excluding hydrogens is 289 g/mol. The van der Waals surface area contributed by atoms with Gasteiger partial charge in [0.2, 0.25) is 0 Å². The molecule has 0 atom stereocenters. The Balaban J connectivity index is 2.11. The Morgan fingerprint density at radius 1 is 1.36 bits per heavy atom. The van der Waals surface area contributed by atoms with Crippen LogP contribution in [0.4, 0.5) is 4.39 Å². The first-order valence-corrected chi connectivity index (χ1v) is 6.92. The topological polar surface area (TPSA) is 79.5 Å². The number of aliphatic carboxylic acids is 1. The summed E-state index contributed by atoms with van der Waals surface area (Å²) in [4.78, 5) is 23.1. The lowest BCUT2D eigenvalue weighted by Crippen LogP contribution is -2.32. The summed E-state index contributed by atoms with van der Waals surface area (Å²) in [6.07, 6.45) is 0.294. The van der Waals surface area contributed by atoms with Crippen molar-refractivity contribution < 1.29 is 23.5 Å². The van der Waals surface area contributed by atoms with Crippen LogP contribution in [0.3, 0.4) is 0 Å². The van der Waals surface area contributed by atoms with Crippen molar-refractivity contribution in [1.82, 2.24) is 5.32 Å². The van der Waals surface area contributed by atoms with Crippen LogP contribution in [0.2, 0.25) is 0 Å². The number of carboxylic acid groups (broad SMARTS) is 1. The van der Waals surface area contributed by atoms with Crippen molar-refractivity contribution >= 4 is 22.8 Å². The summed E-state index contributed by atoms with van der Waals surface area (Å²) in [5.41, 5.74) is 0.0821. The van der Waals surface area contributed by atoms with E-state index in [1.54, 1.807) is 20.8 Å². The van der Waals surface area contributed by atoms with Gasteiger partial charge in [0.1, 0.15) is 11.4 Å². The number of benzene rings is 1. The number of rotatable bonds is 5. The summed E-state index contributed by atoms with van der Waals surface area (Å²) < 4.78 is 18.7. The van der Waals surface area contributed by atoms with Crippen molar-refractivity contribution in [3.8, 4) is 0 Å². The van der Waals surface area contributed by atoms with Crippen LogP contribution in [0.5, 0.6) is 0 Å². The maximum Gasteiger partial charge on any atom is 0.309 e. The van der Waals surface area contributed by atoms with E-state index >= 15 is 0 Å². The zero-order valence-electron chi connectivity index (χ0n) is 12.7. The maximum atomic E-state index is 13.2. The molecule has 5 nitrogen and oxygen atoms in total. The lowest BCUT2D eigenvalue weighted by molar-refractivity contribution is -0.147. The van der Waals surface area contributed by atoms with Gasteiger partial charge in [-0.25, -0.2) is 4.39 Å². The van der Waals surface area contributed by atoms with E-state index in [0.29, 0.717) is 23.0 Å². The van der Waals surface area contributed by atoms with Gasteiger partial charge in [0.15, 0.2) is 5.76 Å². The number of hydrogen-bond donors (Lipinski definition) is 2. The van der Waals surface area contributed by atoms with Crippen LogP contribution in [0.25, 0.3) is 11.0 Å². The van der Waals surface area contributed by atoms with Crippen LogP contribution in [-0.2, 0) is 4.79 Å². The van der Waals surface area contributed by atoms with Gasteiger partial charge in [-0.2, -0.15) is 0 Å². The lowest BCUT2D eigenvalue weighted by Gasteiger charge is -2.18. The number of amides is 1. The highest BCUT2D eigenvalue weighted by Gasteiger charge is 2.27. The molecule has 22 heavy (non-hydrogen) atoms.